The van der Waals surface area contributed by atoms with Gasteiger partial charge in [-0.3, -0.25) is 0 Å². The Kier molecular flexibility index (Phi) is 2.85. The lowest BCUT2D eigenvalue weighted by Gasteiger charge is -2.16. The summed E-state index contributed by atoms with van der Waals surface area (Å²) in [4.78, 5) is 15.6. The van der Waals surface area contributed by atoms with E-state index >= 15 is 0 Å². The van der Waals surface area contributed by atoms with Crippen molar-refractivity contribution in [3.8, 4) is 0 Å². The maximum absolute atomic E-state index is 11.6. The van der Waals surface area contributed by atoms with Crippen LogP contribution in [-0.2, 0) is 4.74 Å². The number of imidazole rings is 1. The maximum atomic E-state index is 11.6. The third kappa shape index (κ3) is 2.46. The van der Waals surface area contributed by atoms with Crippen molar-refractivity contribution in [2.24, 2.45) is 0 Å². The van der Waals surface area contributed by atoms with Crippen molar-refractivity contribution >= 4 is 6.09 Å². The number of carbonyl (C=O) groups is 1. The van der Waals surface area contributed by atoms with Crippen LogP contribution in [0.1, 0.15) is 25.0 Å². The molecule has 80 valence electrons. The summed E-state index contributed by atoms with van der Waals surface area (Å²) < 4.78 is 6.66. The van der Waals surface area contributed by atoms with Crippen LogP contribution < -0.4 is 0 Å². The molecular formula is C11H14N2O2. The van der Waals surface area contributed by atoms with Crippen LogP contribution in [0.4, 0.5) is 4.79 Å². The van der Waals surface area contributed by atoms with E-state index in [-0.39, 0.29) is 12.2 Å². The Bertz CT molecular complexity index is 382. The Hall–Kier alpha value is -1.58. The number of nitrogens with zero attached hydrogens (tertiary/aromatic N) is 2. The molecule has 1 aromatic heterocycles. The van der Waals surface area contributed by atoms with E-state index in [4.69, 9.17) is 4.74 Å². The van der Waals surface area contributed by atoms with Crippen LogP contribution in [-0.4, -0.2) is 21.7 Å². The summed E-state index contributed by atoms with van der Waals surface area (Å²) in [5.41, 5.74) is 0.811. The molecule has 0 aliphatic heterocycles. The van der Waals surface area contributed by atoms with Crippen molar-refractivity contribution < 1.29 is 9.53 Å². The molecule has 2 rings (SSSR count). The van der Waals surface area contributed by atoms with Crippen LogP contribution in [0.3, 0.4) is 0 Å². The fourth-order valence-corrected chi connectivity index (χ4v) is 1.59. The second-order valence-corrected chi connectivity index (χ2v) is 3.70. The smallest absolute Gasteiger partial charge is 0.419 e. The number of aryl methyl sites for hydroxylation is 1. The van der Waals surface area contributed by atoms with Gasteiger partial charge in [0.15, 0.2) is 0 Å². The van der Waals surface area contributed by atoms with Gasteiger partial charge in [-0.25, -0.2) is 14.3 Å². The molecule has 0 bridgehead atoms. The highest BCUT2D eigenvalue weighted by molar-refractivity contribution is 5.70. The number of allylic oxidation sites excluding steroid dienone is 1. The average Bonchev–Trinajstić information content (AvgIpc) is 2.66. The van der Waals surface area contributed by atoms with Gasteiger partial charge < -0.3 is 4.74 Å². The summed E-state index contributed by atoms with van der Waals surface area (Å²) in [5, 5.41) is 0. The summed E-state index contributed by atoms with van der Waals surface area (Å²) in [6.45, 7) is 1.84. The van der Waals surface area contributed by atoms with Crippen molar-refractivity contribution in [1.82, 2.24) is 9.55 Å². The molecular weight excluding hydrogens is 192 g/mol. The number of rotatable bonds is 1. The van der Waals surface area contributed by atoms with Crippen LogP contribution in [0.2, 0.25) is 0 Å². The minimum atomic E-state index is -0.354. The summed E-state index contributed by atoms with van der Waals surface area (Å²) in [5.74, 6) is 0. The predicted molar refractivity (Wildman–Crippen MR) is 55.6 cm³/mol. The fourth-order valence-electron chi connectivity index (χ4n) is 1.59. The third-order valence-electron chi connectivity index (χ3n) is 2.38. The monoisotopic (exact) mass is 206 g/mol. The molecule has 0 spiro atoms. The van der Waals surface area contributed by atoms with Gasteiger partial charge in [-0.1, -0.05) is 6.08 Å². The van der Waals surface area contributed by atoms with Crippen molar-refractivity contribution in [2.75, 3.05) is 0 Å². The molecule has 1 unspecified atom stereocenters. The summed E-state index contributed by atoms with van der Waals surface area (Å²) >= 11 is 0. The topological polar surface area (TPSA) is 44.1 Å². The minimum absolute atomic E-state index is 0.0750. The first kappa shape index (κ1) is 9.96. The second kappa shape index (κ2) is 4.29. The van der Waals surface area contributed by atoms with Gasteiger partial charge in [0.25, 0.3) is 0 Å². The Morgan fingerprint density at radius 3 is 3.13 bits per heavy atom. The Labute approximate surface area is 88.6 Å². The van der Waals surface area contributed by atoms with E-state index in [2.05, 4.69) is 11.1 Å². The van der Waals surface area contributed by atoms with Gasteiger partial charge in [-0.15, -0.1) is 0 Å². The molecule has 0 amide bonds. The van der Waals surface area contributed by atoms with E-state index in [0.29, 0.717) is 0 Å². The highest BCUT2D eigenvalue weighted by Gasteiger charge is 2.14. The molecule has 15 heavy (non-hydrogen) atoms. The predicted octanol–water partition coefficient (Wildman–Crippen LogP) is 2.28. The van der Waals surface area contributed by atoms with Gasteiger partial charge in [-0.05, 0) is 32.3 Å². The molecule has 0 aromatic carbocycles. The first-order chi connectivity index (χ1) is 7.25. The number of ether oxygens (including phenoxy) is 1. The maximum Gasteiger partial charge on any atom is 0.419 e. The van der Waals surface area contributed by atoms with Crippen molar-refractivity contribution in [2.45, 2.75) is 32.3 Å². The summed E-state index contributed by atoms with van der Waals surface area (Å²) in [7, 11) is 0. The average molecular weight is 206 g/mol. The minimum Gasteiger partial charge on any atom is -0.441 e. The molecule has 1 aliphatic rings. The normalized spacial score (nSPS) is 20.2. The molecule has 4 heteroatoms. The lowest BCUT2D eigenvalue weighted by Crippen LogP contribution is -2.21. The third-order valence-corrected chi connectivity index (χ3v) is 2.38. The highest BCUT2D eigenvalue weighted by atomic mass is 16.6. The molecule has 0 saturated heterocycles. The Morgan fingerprint density at radius 1 is 1.67 bits per heavy atom. The first-order valence-corrected chi connectivity index (χ1v) is 5.14. The summed E-state index contributed by atoms with van der Waals surface area (Å²) in [6.07, 6.45) is 9.79. The lowest BCUT2D eigenvalue weighted by atomic mass is 10.1. The lowest BCUT2D eigenvalue weighted by molar-refractivity contribution is 0.114. The van der Waals surface area contributed by atoms with Crippen molar-refractivity contribution in [3.63, 3.8) is 0 Å². The van der Waals surface area contributed by atoms with Crippen LogP contribution in [0.5, 0.6) is 0 Å². The number of carbonyl (C=O) groups excluding carboxylic acids is 1. The van der Waals surface area contributed by atoms with Gasteiger partial charge in [0.05, 0.1) is 5.69 Å². The van der Waals surface area contributed by atoms with Crippen LogP contribution in [0.15, 0.2) is 24.7 Å². The molecule has 1 atom stereocenters. The highest BCUT2D eigenvalue weighted by Crippen LogP contribution is 2.14. The van der Waals surface area contributed by atoms with E-state index in [9.17, 15) is 4.79 Å². The zero-order valence-electron chi connectivity index (χ0n) is 8.72. The van der Waals surface area contributed by atoms with Crippen molar-refractivity contribution in [3.05, 3.63) is 30.4 Å². The quantitative estimate of drug-likeness (QED) is 0.662. The Morgan fingerprint density at radius 2 is 2.53 bits per heavy atom. The van der Waals surface area contributed by atoms with E-state index in [0.717, 1.165) is 25.0 Å². The summed E-state index contributed by atoms with van der Waals surface area (Å²) in [6, 6.07) is 0. The molecule has 1 aromatic rings. The van der Waals surface area contributed by atoms with E-state index in [1.54, 1.807) is 6.20 Å². The van der Waals surface area contributed by atoms with Crippen LogP contribution in [0.25, 0.3) is 0 Å². The first-order valence-electron chi connectivity index (χ1n) is 5.14. The second-order valence-electron chi connectivity index (χ2n) is 3.70. The fraction of sp³-hybridized carbons (Fsp3) is 0.455. The molecule has 1 aliphatic carbocycles. The molecule has 4 nitrogen and oxygen atoms in total. The van der Waals surface area contributed by atoms with Gasteiger partial charge in [0.1, 0.15) is 12.4 Å². The SMILES string of the molecule is Cc1cn(C(=O)OC2C=CCCC2)cn1. The molecule has 0 fully saturated rings. The standard InChI is InChI=1S/C11H14N2O2/c1-9-7-13(8-12-9)11(14)15-10-5-3-2-4-6-10/h3,5,7-8,10H,2,4,6H2,1H3. The van der Waals surface area contributed by atoms with E-state index in [1.165, 1.54) is 10.9 Å². The van der Waals surface area contributed by atoms with Crippen LogP contribution >= 0.6 is 0 Å². The van der Waals surface area contributed by atoms with Gasteiger partial charge in [0.2, 0.25) is 0 Å². The van der Waals surface area contributed by atoms with E-state index < -0.39 is 0 Å². The molecule has 0 N–H and O–H groups in total. The largest absolute Gasteiger partial charge is 0.441 e. The van der Waals surface area contributed by atoms with Crippen molar-refractivity contribution in [1.29, 1.82) is 0 Å². The van der Waals surface area contributed by atoms with E-state index in [1.807, 2.05) is 13.0 Å². The number of aromatic nitrogens is 2. The number of hydrogen-bond acceptors (Lipinski definition) is 3. The zero-order chi connectivity index (χ0) is 10.7. The van der Waals surface area contributed by atoms with Crippen LogP contribution in [0, 0.1) is 6.92 Å². The van der Waals surface area contributed by atoms with Gasteiger partial charge in [-0.2, -0.15) is 0 Å². The van der Waals surface area contributed by atoms with Gasteiger partial charge >= 0.3 is 6.09 Å². The molecule has 1 heterocycles. The Balaban J connectivity index is 1.97. The molecule has 0 radical (unpaired) electrons. The molecule has 0 saturated carbocycles. The van der Waals surface area contributed by atoms with Gasteiger partial charge in [0, 0.05) is 6.20 Å². The zero-order valence-corrected chi connectivity index (χ0v) is 8.72. The number of hydrogen-bond donors (Lipinski definition) is 0.